The predicted octanol–water partition coefficient (Wildman–Crippen LogP) is 3.39. The van der Waals surface area contributed by atoms with Crippen LogP contribution in [-0.2, 0) is 12.8 Å². The van der Waals surface area contributed by atoms with E-state index >= 15 is 0 Å². The zero-order chi connectivity index (χ0) is 12.3. The molecule has 2 aromatic rings. The first-order valence-corrected chi connectivity index (χ1v) is 6.49. The summed E-state index contributed by atoms with van der Waals surface area (Å²) in [4.78, 5) is 1.27. The summed E-state index contributed by atoms with van der Waals surface area (Å²) in [6.07, 6.45) is 1.50. The van der Waals surface area contributed by atoms with Crippen molar-refractivity contribution in [2.45, 2.75) is 25.3 Å². The zero-order valence-electron chi connectivity index (χ0n) is 9.82. The van der Waals surface area contributed by atoms with Crippen molar-refractivity contribution in [2.75, 3.05) is 0 Å². The molecule has 90 valence electrons. The van der Waals surface area contributed by atoms with Crippen molar-refractivity contribution in [3.8, 4) is 0 Å². The third kappa shape index (κ3) is 3.65. The van der Waals surface area contributed by atoms with E-state index in [-0.39, 0.29) is 11.4 Å². The molecule has 2 rings (SSSR count). The summed E-state index contributed by atoms with van der Waals surface area (Å²) in [6.45, 7) is 2.01. The van der Waals surface area contributed by atoms with Gasteiger partial charge in [-0.15, -0.1) is 11.3 Å². The molecule has 1 aromatic carbocycles. The SMILES string of the molecule is CC(N)(Cc1cccc(F)c1)Cc1cccs1. The van der Waals surface area contributed by atoms with Crippen molar-refractivity contribution in [3.63, 3.8) is 0 Å². The average Bonchev–Trinajstić information content (AvgIpc) is 2.68. The molecule has 0 amide bonds. The van der Waals surface area contributed by atoms with Crippen molar-refractivity contribution in [2.24, 2.45) is 5.73 Å². The number of hydrogen-bond donors (Lipinski definition) is 1. The fourth-order valence-corrected chi connectivity index (χ4v) is 2.89. The summed E-state index contributed by atoms with van der Waals surface area (Å²) in [5.41, 5.74) is 6.89. The maximum Gasteiger partial charge on any atom is 0.123 e. The highest BCUT2D eigenvalue weighted by Gasteiger charge is 2.20. The molecule has 1 unspecified atom stereocenters. The molecule has 17 heavy (non-hydrogen) atoms. The van der Waals surface area contributed by atoms with Crippen LogP contribution in [-0.4, -0.2) is 5.54 Å². The highest BCUT2D eigenvalue weighted by molar-refractivity contribution is 7.09. The molecule has 0 spiro atoms. The van der Waals surface area contributed by atoms with E-state index in [2.05, 4.69) is 6.07 Å². The Bertz CT molecular complexity index is 477. The van der Waals surface area contributed by atoms with Gasteiger partial charge < -0.3 is 5.73 Å². The van der Waals surface area contributed by atoms with Crippen LogP contribution in [0.25, 0.3) is 0 Å². The number of benzene rings is 1. The van der Waals surface area contributed by atoms with Gasteiger partial charge >= 0.3 is 0 Å². The van der Waals surface area contributed by atoms with Gasteiger partial charge in [-0.3, -0.25) is 0 Å². The Kier molecular flexibility index (Phi) is 3.60. The number of halogens is 1. The summed E-state index contributed by atoms with van der Waals surface area (Å²) >= 11 is 1.71. The number of thiophene rings is 1. The Morgan fingerprint density at radius 3 is 2.71 bits per heavy atom. The zero-order valence-corrected chi connectivity index (χ0v) is 10.6. The third-order valence-corrected chi connectivity index (χ3v) is 3.53. The summed E-state index contributed by atoms with van der Waals surface area (Å²) in [5.74, 6) is -0.200. The van der Waals surface area contributed by atoms with Gasteiger partial charge in [-0.1, -0.05) is 18.2 Å². The molecule has 1 atom stereocenters. The van der Waals surface area contributed by atoms with Gasteiger partial charge in [-0.05, 0) is 48.9 Å². The average molecular weight is 249 g/mol. The standard InChI is InChI=1S/C14H16FNS/c1-14(16,10-13-6-3-7-17-13)9-11-4-2-5-12(15)8-11/h2-8H,9-10,16H2,1H3. The summed E-state index contributed by atoms with van der Waals surface area (Å²) in [5, 5.41) is 2.05. The molecule has 1 aromatic heterocycles. The molecule has 2 N–H and O–H groups in total. The molecule has 0 aliphatic heterocycles. The van der Waals surface area contributed by atoms with Crippen molar-refractivity contribution in [1.82, 2.24) is 0 Å². The van der Waals surface area contributed by atoms with Crippen molar-refractivity contribution in [1.29, 1.82) is 0 Å². The highest BCUT2D eigenvalue weighted by Crippen LogP contribution is 2.20. The van der Waals surface area contributed by atoms with E-state index in [9.17, 15) is 4.39 Å². The normalized spacial score (nSPS) is 14.5. The fraction of sp³-hybridized carbons (Fsp3) is 0.286. The first-order chi connectivity index (χ1) is 8.05. The summed E-state index contributed by atoms with van der Waals surface area (Å²) < 4.78 is 13.1. The van der Waals surface area contributed by atoms with Crippen LogP contribution in [0.5, 0.6) is 0 Å². The minimum Gasteiger partial charge on any atom is -0.325 e. The fourth-order valence-electron chi connectivity index (χ4n) is 1.99. The van der Waals surface area contributed by atoms with E-state index in [4.69, 9.17) is 5.73 Å². The predicted molar refractivity (Wildman–Crippen MR) is 70.7 cm³/mol. The van der Waals surface area contributed by atoms with E-state index in [1.165, 1.54) is 10.9 Å². The third-order valence-electron chi connectivity index (χ3n) is 2.66. The van der Waals surface area contributed by atoms with Gasteiger partial charge in [-0.2, -0.15) is 0 Å². The van der Waals surface area contributed by atoms with Gasteiger partial charge in [0.1, 0.15) is 5.82 Å². The quantitative estimate of drug-likeness (QED) is 0.883. The van der Waals surface area contributed by atoms with Gasteiger partial charge in [0, 0.05) is 10.4 Å². The maximum atomic E-state index is 13.1. The first-order valence-electron chi connectivity index (χ1n) is 5.61. The second-order valence-electron chi connectivity index (χ2n) is 4.72. The smallest absolute Gasteiger partial charge is 0.123 e. The Labute approximate surface area is 105 Å². The van der Waals surface area contributed by atoms with Crippen LogP contribution >= 0.6 is 11.3 Å². The molecular formula is C14H16FNS. The van der Waals surface area contributed by atoms with Gasteiger partial charge in [0.2, 0.25) is 0 Å². The van der Waals surface area contributed by atoms with Crippen LogP contribution in [0, 0.1) is 5.82 Å². The molecule has 0 aliphatic carbocycles. The van der Waals surface area contributed by atoms with Crippen molar-refractivity contribution < 1.29 is 4.39 Å². The van der Waals surface area contributed by atoms with E-state index in [1.807, 2.05) is 24.4 Å². The Balaban J connectivity index is 2.06. The van der Waals surface area contributed by atoms with Gasteiger partial charge in [0.15, 0.2) is 0 Å². The highest BCUT2D eigenvalue weighted by atomic mass is 32.1. The van der Waals surface area contributed by atoms with Crippen molar-refractivity contribution >= 4 is 11.3 Å². The van der Waals surface area contributed by atoms with Crippen LogP contribution in [0.1, 0.15) is 17.4 Å². The minimum atomic E-state index is -0.335. The molecule has 0 fully saturated rings. The van der Waals surface area contributed by atoms with Gasteiger partial charge in [-0.25, -0.2) is 4.39 Å². The lowest BCUT2D eigenvalue weighted by Crippen LogP contribution is -2.40. The lowest BCUT2D eigenvalue weighted by molar-refractivity contribution is 0.465. The topological polar surface area (TPSA) is 26.0 Å². The Hall–Kier alpha value is -1.19. The second-order valence-corrected chi connectivity index (χ2v) is 5.75. The molecule has 3 heteroatoms. The maximum absolute atomic E-state index is 13.1. The molecule has 0 saturated heterocycles. The van der Waals surface area contributed by atoms with Crippen LogP contribution in [0.2, 0.25) is 0 Å². The molecule has 0 saturated carbocycles. The van der Waals surface area contributed by atoms with Crippen LogP contribution in [0.15, 0.2) is 41.8 Å². The second kappa shape index (κ2) is 4.98. The largest absolute Gasteiger partial charge is 0.325 e. The lowest BCUT2D eigenvalue weighted by Gasteiger charge is -2.24. The molecule has 0 bridgehead atoms. The minimum absolute atomic E-state index is 0.200. The number of nitrogens with two attached hydrogens (primary N) is 1. The molecule has 0 aliphatic rings. The Morgan fingerprint density at radius 2 is 2.06 bits per heavy atom. The van der Waals surface area contributed by atoms with E-state index < -0.39 is 0 Å². The monoisotopic (exact) mass is 249 g/mol. The van der Waals surface area contributed by atoms with E-state index in [0.717, 1.165) is 12.0 Å². The van der Waals surface area contributed by atoms with Crippen LogP contribution in [0.3, 0.4) is 0 Å². The number of rotatable bonds is 4. The van der Waals surface area contributed by atoms with E-state index in [0.29, 0.717) is 6.42 Å². The van der Waals surface area contributed by atoms with Crippen LogP contribution in [0.4, 0.5) is 4.39 Å². The van der Waals surface area contributed by atoms with Gasteiger partial charge in [0.05, 0.1) is 0 Å². The van der Waals surface area contributed by atoms with Crippen LogP contribution < -0.4 is 5.73 Å². The van der Waals surface area contributed by atoms with Gasteiger partial charge in [0.25, 0.3) is 0 Å². The van der Waals surface area contributed by atoms with E-state index in [1.54, 1.807) is 23.5 Å². The Morgan fingerprint density at radius 1 is 1.24 bits per heavy atom. The van der Waals surface area contributed by atoms with Crippen molar-refractivity contribution in [3.05, 3.63) is 58.0 Å². The molecule has 1 nitrogen and oxygen atoms in total. The molecular weight excluding hydrogens is 233 g/mol. The molecule has 0 radical (unpaired) electrons. The first kappa shape index (κ1) is 12.3. The number of hydrogen-bond acceptors (Lipinski definition) is 2. The lowest BCUT2D eigenvalue weighted by atomic mass is 9.90. The summed E-state index contributed by atoms with van der Waals surface area (Å²) in [6, 6.07) is 10.8. The molecule has 1 heterocycles. The summed E-state index contributed by atoms with van der Waals surface area (Å²) in [7, 11) is 0.